The summed E-state index contributed by atoms with van der Waals surface area (Å²) in [6, 6.07) is 6.27. The van der Waals surface area contributed by atoms with E-state index in [-0.39, 0.29) is 6.04 Å². The highest BCUT2D eigenvalue weighted by molar-refractivity contribution is 5.40. The average Bonchev–Trinajstić information content (AvgIpc) is 3.10. The highest BCUT2D eigenvalue weighted by atomic mass is 16.5. The van der Waals surface area contributed by atoms with Crippen LogP contribution in [0.5, 0.6) is 5.75 Å². The maximum atomic E-state index is 6.02. The maximum absolute atomic E-state index is 6.02. The molecule has 0 unspecified atom stereocenters. The Morgan fingerprint density at radius 1 is 1.30 bits per heavy atom. The maximum Gasteiger partial charge on any atom is 0.264 e. The molecule has 1 aromatic carbocycles. The summed E-state index contributed by atoms with van der Waals surface area (Å²) in [5.41, 5.74) is 8.56. The predicted molar refractivity (Wildman–Crippen MR) is 72.3 cm³/mol. The van der Waals surface area contributed by atoms with Gasteiger partial charge < -0.3 is 15.0 Å². The first kappa shape index (κ1) is 11.9. The van der Waals surface area contributed by atoms with Gasteiger partial charge in [0.2, 0.25) is 0 Å². The minimum atomic E-state index is 0.177. The molecule has 20 heavy (non-hydrogen) atoms. The van der Waals surface area contributed by atoms with E-state index in [1.54, 1.807) is 0 Å². The third-order valence-electron chi connectivity index (χ3n) is 4.03. The molecule has 0 radical (unpaired) electrons. The van der Waals surface area contributed by atoms with Crippen LogP contribution in [0.15, 0.2) is 22.7 Å². The fourth-order valence-electron chi connectivity index (χ4n) is 2.70. The van der Waals surface area contributed by atoms with Gasteiger partial charge in [-0.3, -0.25) is 0 Å². The topological polar surface area (TPSA) is 74.2 Å². The van der Waals surface area contributed by atoms with Gasteiger partial charge in [0, 0.05) is 12.0 Å². The van der Waals surface area contributed by atoms with Gasteiger partial charge in [-0.2, -0.15) is 4.98 Å². The lowest BCUT2D eigenvalue weighted by atomic mass is 10.1. The molecule has 104 valence electrons. The van der Waals surface area contributed by atoms with E-state index in [9.17, 15) is 0 Å². The van der Waals surface area contributed by atoms with Gasteiger partial charge >= 0.3 is 0 Å². The van der Waals surface area contributed by atoms with E-state index in [0.717, 1.165) is 24.4 Å². The quantitative estimate of drug-likeness (QED) is 0.924. The lowest BCUT2D eigenvalue weighted by Gasteiger charge is -2.07. The molecule has 5 nitrogen and oxygen atoms in total. The van der Waals surface area contributed by atoms with Crippen molar-refractivity contribution in [2.75, 3.05) is 0 Å². The second kappa shape index (κ2) is 4.59. The molecule has 1 heterocycles. The Bertz CT molecular complexity index is 634. The molecule has 4 rings (SSSR count). The number of aromatic nitrogens is 2. The molecule has 2 aliphatic rings. The third kappa shape index (κ3) is 2.18. The van der Waals surface area contributed by atoms with E-state index < -0.39 is 0 Å². The minimum absolute atomic E-state index is 0.177. The zero-order valence-corrected chi connectivity index (χ0v) is 11.2. The highest BCUT2D eigenvalue weighted by Gasteiger charge is 2.28. The molecule has 0 aliphatic heterocycles. The molecule has 5 heteroatoms. The number of fused-ring (bicyclic) bond motifs is 1. The number of rotatable bonds is 4. The van der Waals surface area contributed by atoms with Crippen LogP contribution in [0.3, 0.4) is 0 Å². The largest absolute Gasteiger partial charge is 0.484 e. The normalized spacial score (nSPS) is 20.9. The van der Waals surface area contributed by atoms with Gasteiger partial charge in [-0.1, -0.05) is 11.2 Å². The summed E-state index contributed by atoms with van der Waals surface area (Å²) in [6.07, 6.45) is 4.39. The molecule has 0 amide bonds. The lowest BCUT2D eigenvalue weighted by molar-refractivity contribution is 0.242. The van der Waals surface area contributed by atoms with Crippen LogP contribution >= 0.6 is 0 Å². The van der Waals surface area contributed by atoms with Crippen molar-refractivity contribution >= 4 is 0 Å². The average molecular weight is 271 g/mol. The Morgan fingerprint density at radius 2 is 2.20 bits per heavy atom. The van der Waals surface area contributed by atoms with Crippen molar-refractivity contribution in [3.63, 3.8) is 0 Å². The molecule has 1 saturated carbocycles. The van der Waals surface area contributed by atoms with E-state index in [1.807, 2.05) is 6.07 Å². The Morgan fingerprint density at radius 3 is 3.05 bits per heavy atom. The highest BCUT2D eigenvalue weighted by Crippen LogP contribution is 2.38. The van der Waals surface area contributed by atoms with E-state index in [0.29, 0.717) is 18.4 Å². The molecule has 1 fully saturated rings. The van der Waals surface area contributed by atoms with Crippen molar-refractivity contribution in [1.29, 1.82) is 0 Å². The van der Waals surface area contributed by atoms with E-state index in [4.69, 9.17) is 15.0 Å². The van der Waals surface area contributed by atoms with Gasteiger partial charge in [-0.25, -0.2) is 0 Å². The first-order valence-electron chi connectivity index (χ1n) is 7.13. The number of nitrogens with two attached hydrogens (primary N) is 1. The molecular formula is C15H17N3O2. The molecule has 0 spiro atoms. The zero-order chi connectivity index (χ0) is 13.5. The summed E-state index contributed by atoms with van der Waals surface area (Å²) in [5, 5.41) is 3.98. The summed E-state index contributed by atoms with van der Waals surface area (Å²) < 4.78 is 10.9. The number of nitrogens with zero attached hydrogens (tertiary/aromatic N) is 2. The van der Waals surface area contributed by atoms with Crippen LogP contribution in [0.2, 0.25) is 0 Å². The molecule has 2 N–H and O–H groups in total. The van der Waals surface area contributed by atoms with Crippen LogP contribution < -0.4 is 10.5 Å². The molecule has 1 atom stereocenters. The van der Waals surface area contributed by atoms with Gasteiger partial charge in [0.25, 0.3) is 5.89 Å². The summed E-state index contributed by atoms with van der Waals surface area (Å²) in [5.74, 6) is 2.71. The molecule has 0 bridgehead atoms. The Balaban J connectivity index is 1.43. The van der Waals surface area contributed by atoms with Crippen LogP contribution in [-0.4, -0.2) is 10.1 Å². The molecule has 2 aromatic rings. The second-order valence-corrected chi connectivity index (χ2v) is 5.62. The van der Waals surface area contributed by atoms with E-state index >= 15 is 0 Å². The second-order valence-electron chi connectivity index (χ2n) is 5.62. The van der Waals surface area contributed by atoms with Crippen molar-refractivity contribution in [3.8, 4) is 5.75 Å². The number of ether oxygens (including phenoxy) is 1. The van der Waals surface area contributed by atoms with Gasteiger partial charge in [0.15, 0.2) is 12.4 Å². The van der Waals surface area contributed by atoms with Crippen molar-refractivity contribution in [1.82, 2.24) is 10.1 Å². The summed E-state index contributed by atoms with van der Waals surface area (Å²) in [4.78, 5) is 4.35. The first-order valence-corrected chi connectivity index (χ1v) is 7.13. The van der Waals surface area contributed by atoms with Gasteiger partial charge in [0.1, 0.15) is 5.75 Å². The fourth-order valence-corrected chi connectivity index (χ4v) is 2.70. The van der Waals surface area contributed by atoms with Crippen molar-refractivity contribution in [2.45, 2.75) is 44.2 Å². The van der Waals surface area contributed by atoms with Crippen LogP contribution in [0.25, 0.3) is 0 Å². The van der Waals surface area contributed by atoms with Crippen LogP contribution in [-0.2, 0) is 13.0 Å². The zero-order valence-electron chi connectivity index (χ0n) is 11.2. The third-order valence-corrected chi connectivity index (χ3v) is 4.03. The number of benzene rings is 1. The SMILES string of the molecule is N[C@@H]1CCc2cc(OCc3nc(C4CC4)no3)ccc21. The van der Waals surface area contributed by atoms with Crippen molar-refractivity contribution < 1.29 is 9.26 Å². The predicted octanol–water partition coefficient (Wildman–Crippen LogP) is 2.47. The molecule has 1 aromatic heterocycles. The van der Waals surface area contributed by atoms with Crippen molar-refractivity contribution in [2.24, 2.45) is 5.73 Å². The fraction of sp³-hybridized carbons (Fsp3) is 0.467. The number of hydrogen-bond acceptors (Lipinski definition) is 5. The lowest BCUT2D eigenvalue weighted by Crippen LogP contribution is -2.05. The number of aryl methyl sites for hydroxylation is 1. The Labute approximate surface area is 117 Å². The molecule has 2 aliphatic carbocycles. The summed E-state index contributed by atoms with van der Waals surface area (Å²) >= 11 is 0. The minimum Gasteiger partial charge on any atom is -0.484 e. The van der Waals surface area contributed by atoms with Crippen LogP contribution in [0, 0.1) is 0 Å². The summed E-state index contributed by atoms with van der Waals surface area (Å²) in [6.45, 7) is 0.324. The van der Waals surface area contributed by atoms with Gasteiger partial charge in [-0.05, 0) is 48.9 Å². The standard InChI is InChI=1S/C15H17N3O2/c16-13-6-3-10-7-11(4-5-12(10)13)19-8-14-17-15(18-20-14)9-1-2-9/h4-5,7,9,13H,1-3,6,8,16H2/t13-/m1/s1. The number of hydrogen-bond donors (Lipinski definition) is 1. The first-order chi connectivity index (χ1) is 9.79. The van der Waals surface area contributed by atoms with Gasteiger partial charge in [-0.15, -0.1) is 0 Å². The van der Waals surface area contributed by atoms with E-state index in [1.165, 1.54) is 24.0 Å². The van der Waals surface area contributed by atoms with E-state index in [2.05, 4.69) is 22.3 Å². The Kier molecular flexibility index (Phi) is 2.73. The molecule has 0 saturated heterocycles. The Hall–Kier alpha value is -1.88. The monoisotopic (exact) mass is 271 g/mol. The smallest absolute Gasteiger partial charge is 0.264 e. The molecular weight excluding hydrogens is 254 g/mol. The van der Waals surface area contributed by atoms with Gasteiger partial charge in [0.05, 0.1) is 0 Å². The van der Waals surface area contributed by atoms with Crippen LogP contribution in [0.1, 0.15) is 54.1 Å². The van der Waals surface area contributed by atoms with Crippen molar-refractivity contribution in [3.05, 3.63) is 41.0 Å². The summed E-state index contributed by atoms with van der Waals surface area (Å²) in [7, 11) is 0. The van der Waals surface area contributed by atoms with Crippen LogP contribution in [0.4, 0.5) is 0 Å².